The third-order valence-corrected chi connectivity index (χ3v) is 8.04. The van der Waals surface area contributed by atoms with E-state index in [1.807, 2.05) is 55.1 Å². The van der Waals surface area contributed by atoms with Crippen LogP contribution in [0.5, 0.6) is 5.75 Å². The van der Waals surface area contributed by atoms with Crippen molar-refractivity contribution in [2.24, 2.45) is 0 Å². The van der Waals surface area contributed by atoms with E-state index < -0.39 is 9.84 Å². The van der Waals surface area contributed by atoms with Crippen LogP contribution in [0.4, 0.5) is 20.8 Å². The van der Waals surface area contributed by atoms with Crippen molar-refractivity contribution in [3.05, 3.63) is 101 Å². The summed E-state index contributed by atoms with van der Waals surface area (Å²) in [5.41, 5.74) is 4.87. The number of aromatic nitrogens is 2. The second-order valence-corrected chi connectivity index (χ2v) is 12.5. The molecule has 0 saturated heterocycles. The molecule has 39 heavy (non-hydrogen) atoms. The molecule has 8 nitrogen and oxygen atoms in total. The van der Waals surface area contributed by atoms with E-state index in [9.17, 15) is 12.8 Å². The Morgan fingerprint density at radius 1 is 1.08 bits per heavy atom. The molecule has 0 fully saturated rings. The Bertz CT molecular complexity index is 1560. The van der Waals surface area contributed by atoms with Gasteiger partial charge in [-0.3, -0.25) is 4.98 Å². The van der Waals surface area contributed by atoms with Gasteiger partial charge in [0.1, 0.15) is 38.0 Å². The van der Waals surface area contributed by atoms with Crippen molar-refractivity contribution >= 4 is 43.6 Å². The number of fused-ring (bicyclic) bond motifs is 1. The maximum Gasteiger partial charge on any atom is 0.148 e. The van der Waals surface area contributed by atoms with E-state index in [0.717, 1.165) is 43.8 Å². The van der Waals surface area contributed by atoms with Crippen LogP contribution in [0.1, 0.15) is 21.7 Å². The molecule has 0 atom stereocenters. The van der Waals surface area contributed by atoms with Crippen LogP contribution >= 0.6 is 11.3 Å². The number of sulfone groups is 1. The summed E-state index contributed by atoms with van der Waals surface area (Å²) in [5, 5.41) is 8.51. The average molecular weight is 566 g/mol. The maximum absolute atomic E-state index is 13.1. The summed E-state index contributed by atoms with van der Waals surface area (Å²) in [4.78, 5) is 11.0. The quantitative estimate of drug-likeness (QED) is 0.242. The molecule has 0 radical (unpaired) electrons. The van der Waals surface area contributed by atoms with Gasteiger partial charge in [-0.05, 0) is 48.0 Å². The second kappa shape index (κ2) is 11.9. The number of thiazole rings is 1. The molecule has 0 amide bonds. The van der Waals surface area contributed by atoms with Gasteiger partial charge in [-0.15, -0.1) is 0 Å². The lowest BCUT2D eigenvalue weighted by atomic mass is 10.0. The molecule has 0 spiro atoms. The summed E-state index contributed by atoms with van der Waals surface area (Å²) in [6.45, 7) is 1.93. The van der Waals surface area contributed by atoms with Crippen LogP contribution in [0, 0.1) is 5.82 Å². The molecule has 5 rings (SSSR count). The molecule has 2 N–H and O–H groups in total. The van der Waals surface area contributed by atoms with E-state index >= 15 is 0 Å². The van der Waals surface area contributed by atoms with E-state index in [1.165, 1.54) is 18.4 Å². The molecular formula is C28H28FN5O3S2. The molecule has 1 aliphatic heterocycles. The van der Waals surface area contributed by atoms with Gasteiger partial charge in [0, 0.05) is 48.6 Å². The average Bonchev–Trinajstić information content (AvgIpc) is 3.40. The van der Waals surface area contributed by atoms with E-state index in [-0.39, 0.29) is 11.6 Å². The number of anilines is 3. The van der Waals surface area contributed by atoms with Crippen LogP contribution in [0.25, 0.3) is 6.08 Å². The Kier molecular flexibility index (Phi) is 8.20. The van der Waals surface area contributed by atoms with Crippen molar-refractivity contribution < 1.29 is 17.5 Å². The Hall–Kier alpha value is -3.80. The van der Waals surface area contributed by atoms with Gasteiger partial charge in [-0.2, -0.15) is 0 Å². The normalized spacial score (nSPS) is 12.8. The Labute approximate surface area is 231 Å². The third-order valence-electron chi connectivity index (χ3n) is 6.06. The van der Waals surface area contributed by atoms with E-state index in [2.05, 4.69) is 25.5 Å². The van der Waals surface area contributed by atoms with Crippen molar-refractivity contribution in [3.8, 4) is 5.75 Å². The number of nitrogens with one attached hydrogen (secondary N) is 2. The zero-order chi connectivity index (χ0) is 27.2. The topological polar surface area (TPSA) is 96.5 Å². The SMILES string of the molecule is CS(=O)(=O)CCNCc1ncc(N2C=Cc3cncc(Nc4ccc(OCc5ccc(F)cc5)cc4)c3C2)s1. The number of pyridine rings is 1. The molecule has 2 aromatic heterocycles. The van der Waals surface area contributed by atoms with Gasteiger partial charge in [0.25, 0.3) is 0 Å². The molecule has 0 aliphatic carbocycles. The van der Waals surface area contributed by atoms with Crippen LogP contribution < -0.4 is 20.3 Å². The lowest BCUT2D eigenvalue weighted by Crippen LogP contribution is -2.21. The van der Waals surface area contributed by atoms with Crippen LogP contribution in [0.15, 0.2) is 73.3 Å². The second-order valence-electron chi connectivity index (χ2n) is 9.16. The van der Waals surface area contributed by atoms with Gasteiger partial charge < -0.3 is 20.3 Å². The van der Waals surface area contributed by atoms with Crippen molar-refractivity contribution in [2.75, 3.05) is 28.8 Å². The smallest absolute Gasteiger partial charge is 0.148 e. The van der Waals surface area contributed by atoms with Crippen molar-refractivity contribution in [2.45, 2.75) is 19.7 Å². The first-order chi connectivity index (χ1) is 18.8. The fourth-order valence-electron chi connectivity index (χ4n) is 3.98. The summed E-state index contributed by atoms with van der Waals surface area (Å²) in [6.07, 6.45) is 10.8. The van der Waals surface area contributed by atoms with Crippen LogP contribution in [0.3, 0.4) is 0 Å². The number of nitrogens with zero attached hydrogens (tertiary/aromatic N) is 3. The highest BCUT2D eigenvalue weighted by atomic mass is 32.2. The Balaban J connectivity index is 1.20. The first kappa shape index (κ1) is 26.8. The van der Waals surface area contributed by atoms with Gasteiger partial charge >= 0.3 is 0 Å². The molecule has 3 heterocycles. The zero-order valence-electron chi connectivity index (χ0n) is 21.3. The molecule has 11 heteroatoms. The van der Waals surface area contributed by atoms with Crippen LogP contribution in [-0.4, -0.2) is 36.9 Å². The number of halogens is 1. The predicted octanol–water partition coefficient (Wildman–Crippen LogP) is 5.12. The van der Waals surface area contributed by atoms with E-state index in [4.69, 9.17) is 4.74 Å². The van der Waals surface area contributed by atoms with Crippen LogP contribution in [0.2, 0.25) is 0 Å². The highest BCUT2D eigenvalue weighted by molar-refractivity contribution is 7.90. The van der Waals surface area contributed by atoms with Gasteiger partial charge in [-0.1, -0.05) is 23.5 Å². The molecule has 0 bridgehead atoms. The minimum absolute atomic E-state index is 0.104. The van der Waals surface area contributed by atoms with Crippen molar-refractivity contribution in [1.82, 2.24) is 15.3 Å². The summed E-state index contributed by atoms with van der Waals surface area (Å²) in [7, 11) is -2.99. The van der Waals surface area contributed by atoms with Gasteiger partial charge in [0.15, 0.2) is 0 Å². The zero-order valence-corrected chi connectivity index (χ0v) is 22.9. The van der Waals surface area contributed by atoms with Gasteiger partial charge in [0.2, 0.25) is 0 Å². The number of benzene rings is 2. The molecule has 0 saturated carbocycles. The highest BCUT2D eigenvalue weighted by Crippen LogP contribution is 2.33. The van der Waals surface area contributed by atoms with Gasteiger partial charge in [0.05, 0.1) is 30.4 Å². The van der Waals surface area contributed by atoms with Crippen LogP contribution in [-0.2, 0) is 29.5 Å². The van der Waals surface area contributed by atoms with E-state index in [1.54, 1.807) is 23.5 Å². The molecule has 202 valence electrons. The Morgan fingerprint density at radius 3 is 2.64 bits per heavy atom. The van der Waals surface area contributed by atoms with Crippen molar-refractivity contribution in [1.29, 1.82) is 0 Å². The summed E-state index contributed by atoms with van der Waals surface area (Å²) in [6, 6.07) is 13.9. The fraction of sp³-hybridized carbons (Fsp3) is 0.214. The monoisotopic (exact) mass is 565 g/mol. The van der Waals surface area contributed by atoms with Gasteiger partial charge in [-0.25, -0.2) is 17.8 Å². The third kappa shape index (κ3) is 7.41. The van der Waals surface area contributed by atoms with Crippen molar-refractivity contribution in [3.63, 3.8) is 0 Å². The lowest BCUT2D eigenvalue weighted by Gasteiger charge is -2.25. The molecular weight excluding hydrogens is 537 g/mol. The number of hydrogen-bond acceptors (Lipinski definition) is 9. The fourth-order valence-corrected chi connectivity index (χ4v) is 5.37. The maximum atomic E-state index is 13.1. The first-order valence-corrected chi connectivity index (χ1v) is 15.2. The molecule has 4 aromatic rings. The van der Waals surface area contributed by atoms with E-state index in [0.29, 0.717) is 26.2 Å². The lowest BCUT2D eigenvalue weighted by molar-refractivity contribution is 0.306. The first-order valence-electron chi connectivity index (χ1n) is 12.3. The summed E-state index contributed by atoms with van der Waals surface area (Å²) >= 11 is 1.57. The predicted molar refractivity (Wildman–Crippen MR) is 153 cm³/mol. The Morgan fingerprint density at radius 2 is 1.87 bits per heavy atom. The minimum atomic E-state index is -2.99. The summed E-state index contributed by atoms with van der Waals surface area (Å²) in [5.74, 6) is 0.560. The highest BCUT2D eigenvalue weighted by Gasteiger charge is 2.18. The molecule has 0 unspecified atom stereocenters. The molecule has 2 aromatic carbocycles. The number of rotatable bonds is 11. The minimum Gasteiger partial charge on any atom is -0.489 e. The number of ether oxygens (including phenoxy) is 1. The summed E-state index contributed by atoms with van der Waals surface area (Å²) < 4.78 is 41.5. The largest absolute Gasteiger partial charge is 0.489 e. The standard InChI is InChI=1S/C28H28FN5O3S2/c1-39(35,36)13-11-30-16-27-32-17-28(38-27)34-12-10-21-14-31-15-26(25(21)18-34)33-23-6-8-24(9-7-23)37-19-20-2-4-22(29)5-3-20/h2-10,12,14-15,17,30,33H,11,13,16,18-19H2,1H3. The molecule has 1 aliphatic rings. The number of hydrogen-bond donors (Lipinski definition) is 2.